The van der Waals surface area contributed by atoms with Crippen LogP contribution in [0.1, 0.15) is 25.3 Å². The molecule has 0 unspecified atom stereocenters. The maximum absolute atomic E-state index is 12.1. The average molecular weight is 521 g/mol. The number of benzene rings is 2. The first-order valence-electron chi connectivity index (χ1n) is 10.7. The van der Waals surface area contributed by atoms with Gasteiger partial charge in [-0.15, -0.1) is 11.3 Å². The fourth-order valence-corrected chi connectivity index (χ4v) is 5.10. The third kappa shape index (κ3) is 6.37. The van der Waals surface area contributed by atoms with Gasteiger partial charge < -0.3 is 24.7 Å². The number of anilines is 1. The van der Waals surface area contributed by atoms with Gasteiger partial charge in [0.2, 0.25) is 10.9 Å². The van der Waals surface area contributed by atoms with Crippen LogP contribution in [0.4, 0.5) is 9.80 Å². The summed E-state index contributed by atoms with van der Waals surface area (Å²) in [5.74, 6) is 2.39. The number of primary amides is 1. The van der Waals surface area contributed by atoms with Gasteiger partial charge in [0.25, 0.3) is 0 Å². The molecule has 0 saturated heterocycles. The lowest BCUT2D eigenvalue weighted by atomic mass is 9.97. The minimum absolute atomic E-state index is 0.0646. The molecule has 0 fully saturated rings. The van der Waals surface area contributed by atoms with Crippen molar-refractivity contribution in [3.05, 3.63) is 53.4 Å². The molecule has 0 atom stereocenters. The van der Waals surface area contributed by atoms with E-state index in [1.54, 1.807) is 37.8 Å². The number of hydrogen-bond acceptors (Lipinski definition) is 8. The molecule has 0 aliphatic heterocycles. The van der Waals surface area contributed by atoms with Crippen LogP contribution in [0.5, 0.6) is 23.0 Å². The quantitative estimate of drug-likeness (QED) is 0.350. The van der Waals surface area contributed by atoms with E-state index in [2.05, 4.69) is 13.8 Å². The van der Waals surface area contributed by atoms with Gasteiger partial charge in [0.1, 0.15) is 23.1 Å². The number of hydrogen-bond donors (Lipinski definition) is 2. The first-order valence-corrected chi connectivity index (χ1v) is 12.7. The normalized spacial score (nSPS) is 10.9. The molecule has 1 heterocycles. The summed E-state index contributed by atoms with van der Waals surface area (Å²) in [5, 5.41) is 2.28. The van der Waals surface area contributed by atoms with Crippen LogP contribution in [0, 0.1) is 0 Å². The number of amides is 1. The summed E-state index contributed by atoms with van der Waals surface area (Å²) in [6, 6.07) is 12.9. The molecule has 1 aromatic heterocycles. The zero-order valence-electron chi connectivity index (χ0n) is 19.8. The molecule has 2 aromatic carbocycles. The second kappa shape index (κ2) is 11.8. The monoisotopic (exact) mass is 520 g/mol. The predicted molar refractivity (Wildman–Crippen MR) is 137 cm³/mol. The van der Waals surface area contributed by atoms with Crippen LogP contribution in [0.3, 0.4) is 0 Å². The third-order valence-electron chi connectivity index (χ3n) is 5.17. The Morgan fingerprint density at radius 2 is 1.71 bits per heavy atom. The van der Waals surface area contributed by atoms with Crippen LogP contribution in [0.25, 0.3) is 11.1 Å². The van der Waals surface area contributed by atoms with Crippen molar-refractivity contribution in [1.29, 1.82) is 0 Å². The second-order valence-corrected chi connectivity index (χ2v) is 9.55. The van der Waals surface area contributed by atoms with Crippen molar-refractivity contribution in [2.24, 2.45) is 5.73 Å². The van der Waals surface area contributed by atoms with Crippen LogP contribution >= 0.6 is 11.3 Å². The van der Waals surface area contributed by atoms with Crippen LogP contribution in [0.2, 0.25) is 0 Å². The summed E-state index contributed by atoms with van der Waals surface area (Å²) in [7, 11) is 0.0986. The van der Waals surface area contributed by atoms with Crippen molar-refractivity contribution in [3.63, 3.8) is 0 Å². The minimum Gasteiger partial charge on any atom is -0.493 e. The molecule has 0 radical (unpaired) electrons. The molecule has 0 saturated carbocycles. The van der Waals surface area contributed by atoms with E-state index in [9.17, 15) is 13.2 Å². The molecule has 188 valence electrons. The summed E-state index contributed by atoms with van der Waals surface area (Å²) in [4.78, 5) is 10.9. The van der Waals surface area contributed by atoms with Crippen molar-refractivity contribution in [2.75, 3.05) is 31.7 Å². The van der Waals surface area contributed by atoms with Gasteiger partial charge in [-0.3, -0.25) is 4.31 Å². The molecule has 35 heavy (non-hydrogen) atoms. The van der Waals surface area contributed by atoms with Crippen LogP contribution in [0.15, 0.2) is 47.8 Å². The fourth-order valence-electron chi connectivity index (χ4n) is 3.41. The molecule has 0 aliphatic rings. The van der Waals surface area contributed by atoms with E-state index in [0.29, 0.717) is 33.6 Å². The van der Waals surface area contributed by atoms with Gasteiger partial charge in [-0.05, 0) is 47.2 Å². The Bertz CT molecular complexity index is 1250. The molecule has 3 aromatic rings. The summed E-state index contributed by atoms with van der Waals surface area (Å²) >= 11 is 1.26. The Labute approximate surface area is 210 Å². The topological polar surface area (TPSA) is 117 Å². The number of rotatable bonds is 11. The van der Waals surface area contributed by atoms with E-state index >= 15 is 0 Å². The van der Waals surface area contributed by atoms with E-state index in [0.717, 1.165) is 11.1 Å². The lowest BCUT2D eigenvalue weighted by Gasteiger charge is -2.20. The molecular weight excluding hydrogens is 492 g/mol. The number of ether oxygens (including phenoxy) is 4. The number of nitrogens with zero attached hydrogens (tertiary/aromatic N) is 1. The fraction of sp³-hybridized carbons (Fsp3) is 0.292. The van der Waals surface area contributed by atoms with Gasteiger partial charge in [0.05, 0.1) is 20.8 Å². The van der Waals surface area contributed by atoms with E-state index < -0.39 is 17.0 Å². The summed E-state index contributed by atoms with van der Waals surface area (Å²) in [5.41, 5.74) is 7.47. The van der Waals surface area contributed by atoms with Crippen LogP contribution < -0.4 is 24.2 Å². The number of carbonyl (C=O) groups excluding carboxylic acids is 1. The highest BCUT2D eigenvalue weighted by molar-refractivity contribution is 7.74. The highest BCUT2D eigenvalue weighted by Crippen LogP contribution is 2.44. The van der Waals surface area contributed by atoms with Crippen LogP contribution in [-0.4, -0.2) is 41.9 Å². The number of carbonyl (C=O) groups is 1. The highest BCUT2D eigenvalue weighted by atomic mass is 32.2. The molecule has 0 bridgehead atoms. The first kappa shape index (κ1) is 26.2. The number of thiol groups is 1. The van der Waals surface area contributed by atoms with Gasteiger partial charge in [-0.25, -0.2) is 13.2 Å². The van der Waals surface area contributed by atoms with Gasteiger partial charge >= 0.3 is 6.09 Å². The molecule has 11 heteroatoms. The van der Waals surface area contributed by atoms with Crippen LogP contribution in [-0.2, 0) is 15.6 Å². The molecule has 0 aliphatic carbocycles. The van der Waals surface area contributed by atoms with Gasteiger partial charge in [0.15, 0.2) is 11.5 Å². The summed E-state index contributed by atoms with van der Waals surface area (Å²) in [6.45, 7) is 3.91. The van der Waals surface area contributed by atoms with Crippen molar-refractivity contribution in [2.45, 2.75) is 19.8 Å². The SMILES string of the molecule is COc1ccc(Oc2ccc(C(C)C)cc2-c2ccsc2N(CCOC(N)=O)[SH](=O)=O)cc1OC. The largest absolute Gasteiger partial charge is 0.493 e. The first-order chi connectivity index (χ1) is 16.7. The van der Waals surface area contributed by atoms with Crippen molar-refractivity contribution < 1.29 is 32.2 Å². The lowest BCUT2D eigenvalue weighted by Crippen LogP contribution is -2.27. The average Bonchev–Trinajstić information content (AvgIpc) is 3.30. The van der Waals surface area contributed by atoms with Crippen molar-refractivity contribution in [3.8, 4) is 34.1 Å². The second-order valence-electron chi connectivity index (χ2n) is 7.70. The molecule has 3 rings (SSSR count). The Kier molecular flexibility index (Phi) is 8.83. The number of nitrogens with two attached hydrogens (primary N) is 1. The third-order valence-corrected chi connectivity index (χ3v) is 7.03. The smallest absolute Gasteiger partial charge is 0.404 e. The maximum atomic E-state index is 12.1. The molecular formula is C24H28N2O7S2. The Morgan fingerprint density at radius 1 is 1.00 bits per heavy atom. The van der Waals surface area contributed by atoms with E-state index in [4.69, 9.17) is 24.7 Å². The van der Waals surface area contributed by atoms with Crippen molar-refractivity contribution >= 4 is 33.3 Å². The maximum Gasteiger partial charge on any atom is 0.404 e. The summed E-state index contributed by atoms with van der Waals surface area (Å²) < 4.78 is 47.0. The van der Waals surface area contributed by atoms with E-state index in [1.165, 1.54) is 15.6 Å². The van der Waals surface area contributed by atoms with E-state index in [1.807, 2.05) is 24.3 Å². The Balaban J connectivity index is 2.06. The number of thiophene rings is 1. The molecule has 2 N–H and O–H groups in total. The van der Waals surface area contributed by atoms with Gasteiger partial charge in [-0.1, -0.05) is 19.9 Å². The van der Waals surface area contributed by atoms with E-state index in [-0.39, 0.29) is 19.1 Å². The molecule has 0 spiro atoms. The minimum atomic E-state index is -3.00. The molecule has 1 amide bonds. The summed E-state index contributed by atoms with van der Waals surface area (Å²) in [6.07, 6.45) is -0.965. The Morgan fingerprint density at radius 3 is 2.34 bits per heavy atom. The standard InChI is InChI=1S/C24H28N2O7S2/c1-15(2)16-5-7-20(33-17-6-8-21(30-3)22(14-17)31-4)19(13-16)18-9-12-34-23(18)26(35(28)29)10-11-32-24(25)27/h5-9,12-15,35H,10-11H2,1-4H3,(H2,25,27). The zero-order valence-corrected chi connectivity index (χ0v) is 21.6. The highest BCUT2D eigenvalue weighted by Gasteiger charge is 2.21. The lowest BCUT2D eigenvalue weighted by molar-refractivity contribution is 0.160. The predicted octanol–water partition coefficient (Wildman–Crippen LogP) is 4.78. The Hall–Kier alpha value is -3.44. The number of methoxy groups -OCH3 is 2. The zero-order chi connectivity index (χ0) is 25.5. The molecule has 9 nitrogen and oxygen atoms in total. The van der Waals surface area contributed by atoms with Gasteiger partial charge in [0, 0.05) is 17.2 Å². The van der Waals surface area contributed by atoms with Gasteiger partial charge in [-0.2, -0.15) is 0 Å². The van der Waals surface area contributed by atoms with Crippen molar-refractivity contribution in [1.82, 2.24) is 0 Å².